The molecule has 6 aromatic rings. The molecule has 0 saturated carbocycles. The van der Waals surface area contributed by atoms with Crippen LogP contribution in [0.1, 0.15) is 34.1 Å². The topological polar surface area (TPSA) is 251 Å². The van der Waals surface area contributed by atoms with Gasteiger partial charge in [-0.3, -0.25) is 35.2 Å². The van der Waals surface area contributed by atoms with Crippen LogP contribution >= 0.6 is 46.4 Å². The number of nitrogens with one attached hydrogen (secondary N) is 6. The van der Waals surface area contributed by atoms with E-state index in [0.717, 1.165) is 9.03 Å². The number of aromatic nitrogens is 10. The molecule has 1 aliphatic rings. The van der Waals surface area contributed by atoms with E-state index in [1.165, 1.54) is 18.2 Å². The van der Waals surface area contributed by atoms with Crippen molar-refractivity contribution in [2.45, 2.75) is 18.4 Å². The molecule has 7 rings (SSSR count). The summed E-state index contributed by atoms with van der Waals surface area (Å²) in [5.41, 5.74) is -2.76. The molecule has 0 aliphatic heterocycles. The third kappa shape index (κ3) is 7.44. The van der Waals surface area contributed by atoms with Gasteiger partial charge < -0.3 is 10.6 Å². The smallest absolute Gasteiger partial charge is 0.326 e. The number of urea groups is 2. The number of ketones is 1. The molecule has 268 valence electrons. The quantitative estimate of drug-likeness (QED) is 0.119. The zero-order valence-electron chi connectivity index (χ0n) is 26.3. The summed E-state index contributed by atoms with van der Waals surface area (Å²) < 4.78 is 1.93. The van der Waals surface area contributed by atoms with Crippen LogP contribution in [0.4, 0.5) is 27.2 Å². The summed E-state index contributed by atoms with van der Waals surface area (Å²) in [5.74, 6) is -3.68. The van der Waals surface area contributed by atoms with Crippen LogP contribution in [-0.2, 0) is 0 Å². The fraction of sp³-hybridized carbons (Fsp3) is 0.100. The Balaban J connectivity index is 1.24. The average Bonchev–Trinajstić information content (AvgIpc) is 3.69. The maximum absolute atomic E-state index is 14.2. The molecule has 2 atom stereocenters. The van der Waals surface area contributed by atoms with Crippen molar-refractivity contribution in [3.63, 3.8) is 0 Å². The number of hydrogen-bond donors (Lipinski definition) is 6. The van der Waals surface area contributed by atoms with Crippen LogP contribution in [0.5, 0.6) is 0 Å². The van der Waals surface area contributed by atoms with Crippen LogP contribution in [0, 0.1) is 0 Å². The van der Waals surface area contributed by atoms with Crippen molar-refractivity contribution in [3.8, 4) is 0 Å². The average molecular weight is 798 g/mol. The first-order valence-corrected chi connectivity index (χ1v) is 16.6. The molecule has 1 aliphatic carbocycles. The molecule has 4 aromatic heterocycles. The van der Waals surface area contributed by atoms with Crippen LogP contribution in [0.2, 0.25) is 15.1 Å². The van der Waals surface area contributed by atoms with Gasteiger partial charge in [0.1, 0.15) is 17.3 Å². The van der Waals surface area contributed by atoms with Crippen molar-refractivity contribution in [1.29, 1.82) is 0 Å². The molecule has 2 unspecified atom stereocenters. The first-order valence-electron chi connectivity index (χ1n) is 15.1. The van der Waals surface area contributed by atoms with Crippen molar-refractivity contribution >= 4 is 93.4 Å². The van der Waals surface area contributed by atoms with Crippen LogP contribution in [0.25, 0.3) is 11.6 Å². The molecule has 2 aromatic carbocycles. The van der Waals surface area contributed by atoms with Gasteiger partial charge in [-0.2, -0.15) is 9.03 Å². The fourth-order valence-electron chi connectivity index (χ4n) is 5.12. The molecular formula is C30H20Cl4N14O5. The van der Waals surface area contributed by atoms with Gasteiger partial charge in [0, 0.05) is 26.3 Å². The Bertz CT molecular complexity index is 2630. The van der Waals surface area contributed by atoms with Crippen LogP contribution in [0.15, 0.2) is 75.3 Å². The van der Waals surface area contributed by atoms with Crippen LogP contribution in [0.3, 0.4) is 0 Å². The van der Waals surface area contributed by atoms with Gasteiger partial charge in [0.2, 0.25) is 0 Å². The number of fused-ring (bicyclic) bond motifs is 2. The summed E-state index contributed by atoms with van der Waals surface area (Å²) in [4.78, 5) is 75.4. The highest BCUT2D eigenvalue weighted by Gasteiger charge is 2.35. The van der Waals surface area contributed by atoms with Crippen molar-refractivity contribution in [3.05, 3.63) is 118 Å². The van der Waals surface area contributed by atoms with E-state index in [9.17, 15) is 24.0 Å². The van der Waals surface area contributed by atoms with Crippen LogP contribution in [-0.4, -0.2) is 73.5 Å². The van der Waals surface area contributed by atoms with Crippen LogP contribution < -0.4 is 32.4 Å². The minimum atomic E-state index is -1.81. The maximum atomic E-state index is 14.2. The van der Waals surface area contributed by atoms with Gasteiger partial charge in [-0.25, -0.2) is 19.6 Å². The second-order valence-corrected chi connectivity index (χ2v) is 12.8. The van der Waals surface area contributed by atoms with Crippen molar-refractivity contribution in [2.24, 2.45) is 0 Å². The van der Waals surface area contributed by atoms with E-state index in [0.29, 0.717) is 22.2 Å². The maximum Gasteiger partial charge on any atom is 0.326 e. The van der Waals surface area contributed by atoms with E-state index in [1.54, 1.807) is 42.5 Å². The lowest BCUT2D eigenvalue weighted by molar-refractivity contribution is 0.0970. The third-order valence-corrected chi connectivity index (χ3v) is 8.63. The fourth-order valence-corrected chi connectivity index (χ4v) is 5.91. The minimum Gasteiger partial charge on any atom is -0.331 e. The lowest BCUT2D eigenvalue weighted by atomic mass is 9.91. The number of H-pyrrole nitrogens is 2. The highest BCUT2D eigenvalue weighted by molar-refractivity contribution is 6.37. The Kier molecular flexibility index (Phi) is 9.62. The van der Waals surface area contributed by atoms with Gasteiger partial charge in [0.15, 0.2) is 5.78 Å². The Hall–Kier alpha value is -6.15. The number of anilines is 3. The van der Waals surface area contributed by atoms with Gasteiger partial charge in [0.25, 0.3) is 34.6 Å². The second-order valence-electron chi connectivity index (χ2n) is 11.1. The number of benzene rings is 2. The lowest BCUT2D eigenvalue weighted by Gasteiger charge is -2.16. The standard InChI is InChI=1S/C30H20Cl4N14O5/c31-12-1-6-15(7-2-12)35-29(52)39-27-43-41-25-37-20(23(50)45-47(25)27)19(22(49)17-10-5-14(33)11-18(17)34)21-24(51)46-48-26(38-21)42-44-28(48)40-30(53)36-16-8-3-13(32)4-9-16/h1-8,10-11,16,19H,9H2,(H,45,50)(H,46,51)(H2,35,39,43,52)(H2,36,40,44,53). The SMILES string of the molecule is O=C(Nc1ccc(Cl)cc1)Nc1nnc2nc(C(C(=O)c3ccc(Cl)cc3Cl)c3nc4nnc(NC(=O)NC5C=CC(Cl)=CC5)n4[nH]c3=O)c(=O)[nH]n12. The number of allylic oxidation sites excluding steroid dienone is 2. The number of halogens is 4. The molecule has 0 spiro atoms. The van der Waals surface area contributed by atoms with E-state index in [2.05, 4.69) is 61.8 Å². The zero-order chi connectivity index (χ0) is 37.4. The number of hydrogen-bond acceptors (Lipinski definition) is 11. The number of carbonyl (C=O) groups excluding carboxylic acids is 3. The largest absolute Gasteiger partial charge is 0.331 e. The van der Waals surface area contributed by atoms with Crippen molar-refractivity contribution in [2.75, 3.05) is 16.0 Å². The third-order valence-electron chi connectivity index (χ3n) is 7.55. The summed E-state index contributed by atoms with van der Waals surface area (Å²) in [6.07, 6.45) is 5.52. The summed E-state index contributed by atoms with van der Waals surface area (Å²) in [6, 6.07) is 8.49. The molecule has 0 fully saturated rings. The summed E-state index contributed by atoms with van der Waals surface area (Å²) >= 11 is 24.3. The van der Waals surface area contributed by atoms with E-state index in [-0.39, 0.29) is 45.1 Å². The molecule has 0 saturated heterocycles. The summed E-state index contributed by atoms with van der Waals surface area (Å²) in [7, 11) is 0. The minimum absolute atomic E-state index is 0.0891. The molecule has 4 heterocycles. The predicted molar refractivity (Wildman–Crippen MR) is 193 cm³/mol. The molecule has 6 N–H and O–H groups in total. The van der Waals surface area contributed by atoms with Crippen molar-refractivity contribution in [1.82, 2.24) is 54.9 Å². The summed E-state index contributed by atoms with van der Waals surface area (Å²) in [5, 5.41) is 31.8. The molecule has 0 radical (unpaired) electrons. The Morgan fingerprint density at radius 2 is 1.34 bits per heavy atom. The van der Waals surface area contributed by atoms with Gasteiger partial charge in [-0.15, -0.1) is 20.4 Å². The van der Waals surface area contributed by atoms with Gasteiger partial charge in [-0.05, 0) is 55.0 Å². The molecule has 23 heteroatoms. The van der Waals surface area contributed by atoms with E-state index in [4.69, 9.17) is 46.4 Å². The number of Topliss-reactive ketones (excluding diaryl/α,β-unsaturated/α-hetero) is 1. The highest BCUT2D eigenvalue weighted by Crippen LogP contribution is 2.29. The second kappa shape index (κ2) is 14.5. The summed E-state index contributed by atoms with van der Waals surface area (Å²) in [6.45, 7) is 0. The number of rotatable bonds is 8. The lowest BCUT2D eigenvalue weighted by Crippen LogP contribution is -2.37. The van der Waals surface area contributed by atoms with Crippen molar-refractivity contribution < 1.29 is 14.4 Å². The predicted octanol–water partition coefficient (Wildman–Crippen LogP) is 4.13. The van der Waals surface area contributed by atoms with E-state index >= 15 is 0 Å². The Morgan fingerprint density at radius 1 is 0.755 bits per heavy atom. The number of aromatic amines is 2. The van der Waals surface area contributed by atoms with Gasteiger partial charge in [0.05, 0.1) is 11.1 Å². The molecule has 0 bridgehead atoms. The molecule has 53 heavy (non-hydrogen) atoms. The first-order chi connectivity index (χ1) is 25.4. The number of amides is 4. The highest BCUT2D eigenvalue weighted by atomic mass is 35.5. The molecule has 19 nitrogen and oxygen atoms in total. The molecule has 4 amide bonds. The van der Waals surface area contributed by atoms with Gasteiger partial charge in [-0.1, -0.05) is 58.6 Å². The molecular weight excluding hydrogens is 778 g/mol. The van der Waals surface area contributed by atoms with E-state index < -0.39 is 46.3 Å². The van der Waals surface area contributed by atoms with Gasteiger partial charge >= 0.3 is 12.1 Å². The normalized spacial score (nSPS) is 14.5. The first kappa shape index (κ1) is 35.3. The zero-order valence-corrected chi connectivity index (χ0v) is 29.3. The number of carbonyl (C=O) groups is 3. The Labute approximate surface area is 314 Å². The number of nitrogens with zero attached hydrogens (tertiary/aromatic N) is 8. The van der Waals surface area contributed by atoms with E-state index in [1.807, 2.05) is 0 Å². The Morgan fingerprint density at radius 3 is 1.91 bits per heavy atom. The monoisotopic (exact) mass is 796 g/mol.